The van der Waals surface area contributed by atoms with Crippen LogP contribution in [0.5, 0.6) is 0 Å². The molecule has 9 nitrogen and oxygen atoms in total. The lowest BCUT2D eigenvalue weighted by Crippen LogP contribution is -2.57. The average Bonchev–Trinajstić information content (AvgIpc) is 2.28. The zero-order valence-corrected chi connectivity index (χ0v) is 18.2. The molecule has 158 valence electrons. The van der Waals surface area contributed by atoms with Gasteiger partial charge in [-0.2, -0.15) is 0 Å². The van der Waals surface area contributed by atoms with Crippen molar-refractivity contribution in [2.75, 3.05) is 32.7 Å². The third-order valence-corrected chi connectivity index (χ3v) is 5.98. The van der Waals surface area contributed by atoms with Gasteiger partial charge in [0.1, 0.15) is 11.5 Å². The van der Waals surface area contributed by atoms with E-state index in [4.69, 9.17) is 10.3 Å². The van der Waals surface area contributed by atoms with E-state index >= 15 is 0 Å². The van der Waals surface area contributed by atoms with E-state index in [0.717, 1.165) is 12.8 Å². The summed E-state index contributed by atoms with van der Waals surface area (Å²) in [7, 11) is -6.51. The van der Waals surface area contributed by atoms with Crippen molar-refractivity contribution in [3.63, 3.8) is 0 Å². The second kappa shape index (κ2) is 12.2. The Bertz CT molecular complexity index is 601. The van der Waals surface area contributed by atoms with Crippen LogP contribution in [0.25, 0.3) is 0 Å². The minimum atomic E-state index is -3.28. The number of nitrogens with zero attached hydrogens (tertiary/aromatic N) is 1. The van der Waals surface area contributed by atoms with Gasteiger partial charge in [-0.05, 0) is 5.92 Å². The highest BCUT2D eigenvalue weighted by atomic mass is 35.5. The number of sulfonamides is 2. The number of nitrogens with two attached hydrogens (primary N) is 2. The fraction of sp³-hybridized carbons (Fsp3) is 0.929. The van der Waals surface area contributed by atoms with Crippen LogP contribution < -0.4 is 15.6 Å². The van der Waals surface area contributed by atoms with Crippen molar-refractivity contribution in [2.24, 2.45) is 22.1 Å². The molecule has 2 rings (SSSR count). The van der Waals surface area contributed by atoms with Crippen LogP contribution in [-0.2, 0) is 24.8 Å². The number of rotatable bonds is 5. The Balaban J connectivity index is 0. The first-order chi connectivity index (χ1) is 11.3. The Morgan fingerprint density at radius 2 is 1.38 bits per heavy atom. The quantitative estimate of drug-likeness (QED) is 0.473. The second-order valence-corrected chi connectivity index (χ2v) is 10.8. The number of halogens is 1. The Morgan fingerprint density at radius 3 is 1.54 bits per heavy atom. The maximum absolute atomic E-state index is 10.8. The summed E-state index contributed by atoms with van der Waals surface area (Å²) in [6, 6.07) is 0. The molecule has 2 fully saturated rings. The largest absolute Gasteiger partial charge is 0.314 e. The van der Waals surface area contributed by atoms with Gasteiger partial charge >= 0.3 is 0 Å². The van der Waals surface area contributed by atoms with Crippen molar-refractivity contribution in [3.05, 3.63) is 0 Å². The zero-order chi connectivity index (χ0) is 19.8. The number of hydrogen-bond donors (Lipinski definition) is 3. The van der Waals surface area contributed by atoms with E-state index in [9.17, 15) is 21.6 Å². The molecule has 0 spiro atoms. The van der Waals surface area contributed by atoms with Crippen molar-refractivity contribution in [3.8, 4) is 0 Å². The zero-order valence-electron chi connectivity index (χ0n) is 15.8. The Morgan fingerprint density at radius 1 is 1.00 bits per heavy atom. The average molecular weight is 437 g/mol. The highest BCUT2D eigenvalue weighted by molar-refractivity contribution is 7.90. The number of carbonyl (C=O) groups excluding carboxylic acids is 1. The van der Waals surface area contributed by atoms with Gasteiger partial charge in [-0.15, -0.1) is 12.4 Å². The molecular formula is C14H33ClN4O5S2. The molecule has 26 heavy (non-hydrogen) atoms. The molecule has 0 bridgehead atoms. The van der Waals surface area contributed by atoms with Crippen molar-refractivity contribution in [2.45, 2.75) is 38.2 Å². The third-order valence-electron chi connectivity index (χ3n) is 3.49. The van der Waals surface area contributed by atoms with Gasteiger partial charge in [0.2, 0.25) is 20.0 Å². The fourth-order valence-corrected chi connectivity index (χ4v) is 3.43. The smallest absolute Gasteiger partial charge is 0.214 e. The Hall–Kier alpha value is -0.300. The van der Waals surface area contributed by atoms with Crippen LogP contribution in [0.4, 0.5) is 0 Å². The third kappa shape index (κ3) is 12.2. The first-order valence-corrected chi connectivity index (χ1v) is 11.4. The molecule has 2 saturated heterocycles. The SMILES string of the molecule is CC(C)C=O.CC(C)CN1CC(S(N)(=O)=O)C1.Cl.NS(=O)(=O)C1CNC1. The number of primary sulfonamides is 2. The van der Waals surface area contributed by atoms with Gasteiger partial charge in [-0.3, -0.25) is 0 Å². The molecule has 0 radical (unpaired) electrons. The van der Waals surface area contributed by atoms with Crippen molar-refractivity contribution < 1.29 is 21.6 Å². The van der Waals surface area contributed by atoms with Crippen LogP contribution >= 0.6 is 12.4 Å². The minimum Gasteiger partial charge on any atom is -0.314 e. The predicted octanol–water partition coefficient (Wildman–Crippen LogP) is -0.875. The van der Waals surface area contributed by atoms with E-state index in [1.54, 1.807) is 0 Å². The highest BCUT2D eigenvalue weighted by Crippen LogP contribution is 2.15. The molecule has 0 unspecified atom stereocenters. The number of likely N-dealkylation sites (tertiary alicyclic amines) is 1. The molecule has 0 aromatic heterocycles. The monoisotopic (exact) mass is 436 g/mol. The lowest BCUT2D eigenvalue weighted by atomic mass is 10.1. The highest BCUT2D eigenvalue weighted by Gasteiger charge is 2.34. The molecule has 5 N–H and O–H groups in total. The van der Waals surface area contributed by atoms with Crippen LogP contribution in [0.15, 0.2) is 0 Å². The number of aldehydes is 1. The fourth-order valence-electron chi connectivity index (χ4n) is 1.89. The van der Waals surface area contributed by atoms with E-state index in [0.29, 0.717) is 32.1 Å². The predicted molar refractivity (Wildman–Crippen MR) is 106 cm³/mol. The van der Waals surface area contributed by atoms with Crippen LogP contribution in [0.2, 0.25) is 0 Å². The van der Waals surface area contributed by atoms with E-state index < -0.39 is 20.0 Å². The normalized spacial score (nSPS) is 18.5. The maximum atomic E-state index is 10.8. The maximum Gasteiger partial charge on any atom is 0.214 e. The molecule has 0 amide bonds. The second-order valence-electron chi connectivity index (χ2n) is 7.07. The van der Waals surface area contributed by atoms with Crippen LogP contribution in [0, 0.1) is 11.8 Å². The van der Waals surface area contributed by atoms with Crippen molar-refractivity contribution in [1.29, 1.82) is 0 Å². The lowest BCUT2D eigenvalue weighted by molar-refractivity contribution is -0.110. The molecule has 2 aliphatic heterocycles. The lowest BCUT2D eigenvalue weighted by Gasteiger charge is -2.38. The van der Waals surface area contributed by atoms with Crippen LogP contribution in [-0.4, -0.2) is 71.2 Å². The first kappa shape index (κ1) is 27.9. The molecule has 12 heteroatoms. The summed E-state index contributed by atoms with van der Waals surface area (Å²) in [5.74, 6) is 0.793. The van der Waals surface area contributed by atoms with Gasteiger partial charge in [-0.1, -0.05) is 27.7 Å². The molecule has 0 saturated carbocycles. The minimum absolute atomic E-state index is 0. The standard InChI is InChI=1S/C7H16N2O2S.C4H8O.C3H8N2O2S.ClH/c1-6(2)3-9-4-7(5-9)12(8,10)11;1-4(2)3-5;4-8(6,7)3-1-5-2-3;/h6-7H,3-5H2,1-2H3,(H2,8,10,11);3-4H,1-2H3;3,5H,1-2H2,(H2,4,6,7);1H. The molecule has 0 aromatic carbocycles. The van der Waals surface area contributed by atoms with Crippen molar-refractivity contribution >= 4 is 38.7 Å². The van der Waals surface area contributed by atoms with Gasteiger partial charge in [0.25, 0.3) is 0 Å². The van der Waals surface area contributed by atoms with Crippen LogP contribution in [0.3, 0.4) is 0 Å². The molecule has 0 atom stereocenters. The molecule has 2 aliphatic rings. The summed E-state index contributed by atoms with van der Waals surface area (Å²) in [6.07, 6.45) is 0.917. The summed E-state index contributed by atoms with van der Waals surface area (Å²) in [5, 5.41) is 11.9. The summed E-state index contributed by atoms with van der Waals surface area (Å²) in [4.78, 5) is 11.6. The summed E-state index contributed by atoms with van der Waals surface area (Å²) >= 11 is 0. The van der Waals surface area contributed by atoms with Gasteiger partial charge in [0, 0.05) is 38.6 Å². The van der Waals surface area contributed by atoms with E-state index in [1.807, 2.05) is 13.8 Å². The topological polar surface area (TPSA) is 153 Å². The van der Waals surface area contributed by atoms with E-state index in [-0.39, 0.29) is 28.8 Å². The molecular weight excluding hydrogens is 404 g/mol. The van der Waals surface area contributed by atoms with E-state index in [1.165, 1.54) is 0 Å². The Labute approximate surface area is 163 Å². The summed E-state index contributed by atoms with van der Waals surface area (Å²) < 4.78 is 42.3. The van der Waals surface area contributed by atoms with E-state index in [2.05, 4.69) is 24.1 Å². The Kier molecular flexibility index (Phi) is 13.1. The summed E-state index contributed by atoms with van der Waals surface area (Å²) in [6.45, 7) is 11.1. The molecule has 0 aliphatic carbocycles. The number of nitrogens with one attached hydrogen (secondary N) is 1. The van der Waals surface area contributed by atoms with Crippen LogP contribution in [0.1, 0.15) is 27.7 Å². The summed E-state index contributed by atoms with van der Waals surface area (Å²) in [5.41, 5.74) is 0. The van der Waals surface area contributed by atoms with Gasteiger partial charge < -0.3 is 15.0 Å². The number of hydrogen-bond acceptors (Lipinski definition) is 7. The first-order valence-electron chi connectivity index (χ1n) is 8.18. The molecule has 0 aromatic rings. The van der Waals surface area contributed by atoms with Gasteiger partial charge in [0.15, 0.2) is 0 Å². The number of carbonyl (C=O) groups is 1. The molecule has 2 heterocycles. The van der Waals surface area contributed by atoms with Gasteiger partial charge in [-0.25, -0.2) is 27.1 Å². The van der Waals surface area contributed by atoms with Crippen molar-refractivity contribution in [1.82, 2.24) is 10.2 Å². The van der Waals surface area contributed by atoms with Gasteiger partial charge in [0.05, 0.1) is 5.25 Å².